The zero-order valence-electron chi connectivity index (χ0n) is 13.1. The molecule has 4 heteroatoms. The lowest BCUT2D eigenvalue weighted by Crippen LogP contribution is -2.28. The maximum Gasteiger partial charge on any atom is 0.339 e. The van der Waals surface area contributed by atoms with E-state index in [1.807, 2.05) is 6.07 Å². The van der Waals surface area contributed by atoms with Gasteiger partial charge >= 0.3 is 5.97 Å². The van der Waals surface area contributed by atoms with Gasteiger partial charge in [-0.2, -0.15) is 0 Å². The highest BCUT2D eigenvalue weighted by Gasteiger charge is 2.59. The van der Waals surface area contributed by atoms with E-state index >= 15 is 0 Å². The van der Waals surface area contributed by atoms with E-state index in [1.165, 1.54) is 39.2 Å². The fourth-order valence-corrected chi connectivity index (χ4v) is 5.69. The van der Waals surface area contributed by atoms with Gasteiger partial charge in [0.05, 0.1) is 14.2 Å². The Bertz CT molecular complexity index is 622. The first kappa shape index (κ1) is 13.9. The molecule has 4 aliphatic carbocycles. The summed E-state index contributed by atoms with van der Waals surface area (Å²) in [6.45, 7) is 0. The predicted octanol–water partition coefficient (Wildman–Crippen LogP) is 3.48. The molecule has 4 bridgehead atoms. The van der Waals surface area contributed by atoms with Crippen LogP contribution in [0, 0.1) is 17.8 Å². The highest BCUT2D eigenvalue weighted by Crippen LogP contribution is 2.67. The predicted molar refractivity (Wildman–Crippen MR) is 81.7 cm³/mol. The number of hydrogen-bond acceptors (Lipinski definition) is 3. The first-order chi connectivity index (χ1) is 10.6. The van der Waals surface area contributed by atoms with Gasteiger partial charge < -0.3 is 14.6 Å². The van der Waals surface area contributed by atoms with E-state index in [2.05, 4.69) is 0 Å². The molecular weight excluding hydrogens is 280 g/mol. The normalized spacial score (nSPS) is 34.9. The minimum Gasteiger partial charge on any atom is -0.496 e. The maximum atomic E-state index is 11.6. The number of methoxy groups -OCH3 is 2. The van der Waals surface area contributed by atoms with Crippen LogP contribution in [0.25, 0.3) is 0 Å². The summed E-state index contributed by atoms with van der Waals surface area (Å²) in [4.78, 5) is 11.6. The summed E-state index contributed by atoms with van der Waals surface area (Å²) in [6, 6.07) is 3.58. The molecule has 2 atom stereocenters. The Hall–Kier alpha value is -1.71. The van der Waals surface area contributed by atoms with Crippen molar-refractivity contribution in [3.8, 4) is 11.5 Å². The van der Waals surface area contributed by atoms with E-state index in [0.29, 0.717) is 11.7 Å². The molecule has 1 N–H and O–H groups in total. The molecule has 4 saturated carbocycles. The summed E-state index contributed by atoms with van der Waals surface area (Å²) in [6.07, 6.45) is 6.34. The van der Waals surface area contributed by atoms with Gasteiger partial charge in [0, 0.05) is 17.0 Å². The summed E-state index contributed by atoms with van der Waals surface area (Å²) >= 11 is 0. The summed E-state index contributed by atoms with van der Waals surface area (Å²) in [5.74, 6) is 2.56. The monoisotopic (exact) mass is 302 g/mol. The minimum atomic E-state index is -0.935. The third-order valence-corrected chi connectivity index (χ3v) is 6.28. The lowest BCUT2D eigenvalue weighted by atomic mass is 9.70. The molecule has 1 aromatic rings. The van der Waals surface area contributed by atoms with Crippen molar-refractivity contribution in [3.05, 3.63) is 23.3 Å². The summed E-state index contributed by atoms with van der Waals surface area (Å²) < 4.78 is 10.9. The van der Waals surface area contributed by atoms with Crippen molar-refractivity contribution >= 4 is 5.97 Å². The molecule has 0 spiro atoms. The third-order valence-electron chi connectivity index (χ3n) is 6.28. The van der Waals surface area contributed by atoms with Gasteiger partial charge in [-0.15, -0.1) is 0 Å². The van der Waals surface area contributed by atoms with Crippen LogP contribution in [-0.2, 0) is 5.41 Å². The van der Waals surface area contributed by atoms with Crippen molar-refractivity contribution in [2.45, 2.75) is 37.5 Å². The molecule has 4 nitrogen and oxygen atoms in total. The average molecular weight is 302 g/mol. The number of hydrogen-bond donors (Lipinski definition) is 1. The molecule has 0 amide bonds. The Labute approximate surface area is 130 Å². The van der Waals surface area contributed by atoms with Crippen LogP contribution in [0.2, 0.25) is 0 Å². The molecular formula is C18H22O4. The number of benzene rings is 1. The lowest BCUT2D eigenvalue weighted by Gasteiger charge is -2.35. The number of rotatable bonds is 4. The number of carboxylic acid groups (broad SMARTS) is 1. The largest absolute Gasteiger partial charge is 0.496 e. The zero-order chi connectivity index (χ0) is 15.5. The van der Waals surface area contributed by atoms with Crippen molar-refractivity contribution in [3.63, 3.8) is 0 Å². The molecule has 0 heterocycles. The van der Waals surface area contributed by atoms with Gasteiger partial charge in [-0.1, -0.05) is 0 Å². The Balaban J connectivity index is 1.88. The molecule has 0 aromatic heterocycles. The van der Waals surface area contributed by atoms with Crippen LogP contribution in [0.3, 0.4) is 0 Å². The first-order valence-electron chi connectivity index (χ1n) is 8.07. The van der Waals surface area contributed by atoms with Crippen LogP contribution < -0.4 is 9.47 Å². The molecule has 22 heavy (non-hydrogen) atoms. The van der Waals surface area contributed by atoms with Crippen LogP contribution in [-0.4, -0.2) is 25.3 Å². The van der Waals surface area contributed by atoms with Gasteiger partial charge in [0.25, 0.3) is 0 Å². The number of aromatic carboxylic acids is 1. The van der Waals surface area contributed by atoms with E-state index in [0.717, 1.165) is 23.1 Å². The van der Waals surface area contributed by atoms with Gasteiger partial charge in [-0.25, -0.2) is 4.79 Å². The van der Waals surface area contributed by atoms with Crippen molar-refractivity contribution < 1.29 is 19.4 Å². The molecule has 0 radical (unpaired) electrons. The van der Waals surface area contributed by atoms with Crippen molar-refractivity contribution in [1.29, 1.82) is 0 Å². The SMILES string of the molecule is COc1cc(OC)c(C23CC4CC(CC2C4)C3)cc1C(=O)O. The molecule has 4 fully saturated rings. The van der Waals surface area contributed by atoms with Crippen molar-refractivity contribution in [1.82, 2.24) is 0 Å². The van der Waals surface area contributed by atoms with Crippen LogP contribution >= 0.6 is 0 Å². The van der Waals surface area contributed by atoms with Crippen LogP contribution in [0.5, 0.6) is 11.5 Å². The smallest absolute Gasteiger partial charge is 0.339 e. The molecule has 5 rings (SSSR count). The second-order valence-corrected chi connectivity index (χ2v) is 7.26. The Morgan fingerprint density at radius 2 is 1.73 bits per heavy atom. The first-order valence-corrected chi connectivity index (χ1v) is 8.07. The fraction of sp³-hybridized carbons (Fsp3) is 0.611. The van der Waals surface area contributed by atoms with Crippen LogP contribution in [0.15, 0.2) is 12.1 Å². The van der Waals surface area contributed by atoms with Crippen LogP contribution in [0.1, 0.15) is 48.0 Å². The highest BCUT2D eigenvalue weighted by molar-refractivity contribution is 5.91. The zero-order valence-corrected chi connectivity index (χ0v) is 13.1. The Morgan fingerprint density at radius 1 is 1.09 bits per heavy atom. The Kier molecular flexibility index (Phi) is 2.94. The molecule has 0 aliphatic heterocycles. The van der Waals surface area contributed by atoms with Crippen LogP contribution in [0.4, 0.5) is 0 Å². The topological polar surface area (TPSA) is 55.8 Å². The molecule has 1 aromatic carbocycles. The van der Waals surface area contributed by atoms with E-state index in [1.54, 1.807) is 13.2 Å². The van der Waals surface area contributed by atoms with E-state index < -0.39 is 5.97 Å². The second-order valence-electron chi connectivity index (χ2n) is 7.26. The number of carboxylic acids is 1. The number of carbonyl (C=O) groups is 1. The molecule has 0 saturated heterocycles. The van der Waals surface area contributed by atoms with Gasteiger partial charge in [0.2, 0.25) is 0 Å². The van der Waals surface area contributed by atoms with Crippen molar-refractivity contribution in [2.75, 3.05) is 14.2 Å². The summed E-state index contributed by atoms with van der Waals surface area (Å²) in [5, 5.41) is 9.51. The van der Waals surface area contributed by atoms with Gasteiger partial charge in [-0.3, -0.25) is 0 Å². The van der Waals surface area contributed by atoms with E-state index in [4.69, 9.17) is 9.47 Å². The Morgan fingerprint density at radius 3 is 2.27 bits per heavy atom. The maximum absolute atomic E-state index is 11.6. The summed E-state index contributed by atoms with van der Waals surface area (Å²) in [7, 11) is 3.16. The second kappa shape index (κ2) is 4.64. The summed E-state index contributed by atoms with van der Waals surface area (Å²) in [5.41, 5.74) is 1.48. The lowest BCUT2D eigenvalue weighted by molar-refractivity contribution is 0.0693. The molecule has 4 aliphatic rings. The third kappa shape index (κ3) is 1.73. The average Bonchev–Trinajstić information content (AvgIpc) is 2.91. The minimum absolute atomic E-state index is 0.134. The highest BCUT2D eigenvalue weighted by atomic mass is 16.5. The molecule has 2 unspecified atom stereocenters. The number of ether oxygens (including phenoxy) is 2. The van der Waals surface area contributed by atoms with Gasteiger partial charge in [-0.05, 0) is 55.9 Å². The van der Waals surface area contributed by atoms with Gasteiger partial charge in [0.15, 0.2) is 0 Å². The van der Waals surface area contributed by atoms with E-state index in [9.17, 15) is 9.90 Å². The quantitative estimate of drug-likeness (QED) is 0.925. The fourth-order valence-electron chi connectivity index (χ4n) is 5.69. The standard InChI is InChI=1S/C18H22O4/c1-21-15-7-16(22-2)14(6-13(15)17(19)20)18-8-10-3-11(9-18)5-12(18)4-10/h6-7,10-12H,3-5,8-9H2,1-2H3,(H,19,20). The van der Waals surface area contributed by atoms with E-state index in [-0.39, 0.29) is 11.0 Å². The van der Waals surface area contributed by atoms with Gasteiger partial charge in [0.1, 0.15) is 17.1 Å². The van der Waals surface area contributed by atoms with Crippen molar-refractivity contribution in [2.24, 2.45) is 17.8 Å². The molecule has 118 valence electrons.